The van der Waals surface area contributed by atoms with Gasteiger partial charge in [0.2, 0.25) is 5.60 Å². The zero-order chi connectivity index (χ0) is 30.8. The topological polar surface area (TPSA) is 204 Å². The number of rotatable bonds is 10. The van der Waals surface area contributed by atoms with E-state index in [1.54, 1.807) is 30.3 Å². The van der Waals surface area contributed by atoms with Crippen LogP contribution in [-0.4, -0.2) is 67.3 Å². The first-order valence-electron chi connectivity index (χ1n) is 14.0. The van der Waals surface area contributed by atoms with Gasteiger partial charge in [-0.3, -0.25) is 9.32 Å². The van der Waals surface area contributed by atoms with E-state index in [1.165, 1.54) is 29.9 Å². The van der Waals surface area contributed by atoms with Gasteiger partial charge in [-0.1, -0.05) is 25.1 Å². The number of esters is 1. The van der Waals surface area contributed by atoms with Crippen molar-refractivity contribution in [3.63, 3.8) is 0 Å². The second-order valence-corrected chi connectivity index (χ2v) is 12.7. The van der Waals surface area contributed by atoms with Crippen LogP contribution >= 0.6 is 7.75 Å². The van der Waals surface area contributed by atoms with E-state index in [9.17, 15) is 24.8 Å². The highest BCUT2D eigenvalue weighted by atomic mass is 31.2. The van der Waals surface area contributed by atoms with Crippen LogP contribution in [0.3, 0.4) is 0 Å². The van der Waals surface area contributed by atoms with Gasteiger partial charge >= 0.3 is 13.7 Å². The first-order valence-corrected chi connectivity index (χ1v) is 15.6. The van der Waals surface area contributed by atoms with Crippen molar-refractivity contribution in [1.82, 2.24) is 19.7 Å². The van der Waals surface area contributed by atoms with Gasteiger partial charge in [-0.2, -0.15) is 15.4 Å². The number of fused-ring (bicyclic) bond motifs is 1. The van der Waals surface area contributed by atoms with E-state index >= 15 is 0 Å². The van der Waals surface area contributed by atoms with Crippen LogP contribution in [-0.2, 0) is 23.4 Å². The minimum Gasteiger partial charge on any atom is -0.461 e. The molecule has 15 heteroatoms. The van der Waals surface area contributed by atoms with E-state index in [0.29, 0.717) is 17.1 Å². The minimum absolute atomic E-state index is 0.161. The number of nitrogen functional groups attached to an aromatic ring is 1. The van der Waals surface area contributed by atoms with E-state index in [1.807, 2.05) is 6.07 Å². The maximum atomic E-state index is 14.1. The Balaban J connectivity index is 1.34. The molecule has 3 aromatic rings. The summed E-state index contributed by atoms with van der Waals surface area (Å²) in [5.41, 5.74) is 4.46. The molecule has 1 aliphatic heterocycles. The lowest BCUT2D eigenvalue weighted by Crippen LogP contribution is -2.46. The molecule has 1 unspecified atom stereocenters. The van der Waals surface area contributed by atoms with E-state index < -0.39 is 50.3 Å². The number of para-hydroxylation sites is 1. The quantitative estimate of drug-likeness (QED) is 0.192. The van der Waals surface area contributed by atoms with Gasteiger partial charge in [0.25, 0.3) is 0 Å². The maximum absolute atomic E-state index is 14.1. The molecule has 1 aliphatic carbocycles. The summed E-state index contributed by atoms with van der Waals surface area (Å²) in [6.07, 6.45) is -0.248. The van der Waals surface area contributed by atoms with E-state index in [0.717, 1.165) is 25.7 Å². The number of nitrogens with zero attached hydrogens (tertiary/aromatic N) is 4. The SMILES string of the molecule is C[C@H](NP(=O)(OC[C@@]1(C#N)O[C@@H](c2ccc3c(N)ncnn23)[C@H](O)[C@@H]1O)Oc1ccccc1)C(=O)O[C@H]1CC[C@H](C)CC1. The number of aromatic nitrogens is 3. The summed E-state index contributed by atoms with van der Waals surface area (Å²) in [4.78, 5) is 16.8. The van der Waals surface area contributed by atoms with Crippen molar-refractivity contribution >= 4 is 25.1 Å². The molecule has 2 aromatic heterocycles. The molecule has 2 aliphatic rings. The number of carbonyl (C=O) groups is 1. The number of benzene rings is 1. The Morgan fingerprint density at radius 1 is 1.26 bits per heavy atom. The molecule has 230 valence electrons. The highest BCUT2D eigenvalue weighted by Gasteiger charge is 2.57. The number of ether oxygens (including phenoxy) is 2. The van der Waals surface area contributed by atoms with Crippen molar-refractivity contribution in [2.45, 2.75) is 75.6 Å². The Morgan fingerprint density at radius 2 is 1.98 bits per heavy atom. The van der Waals surface area contributed by atoms with Crippen LogP contribution in [0.25, 0.3) is 5.52 Å². The fraction of sp³-hybridized carbons (Fsp3) is 0.500. The van der Waals surface area contributed by atoms with Crippen LogP contribution in [0.5, 0.6) is 5.75 Å². The third-order valence-corrected chi connectivity index (χ3v) is 9.43. The third-order valence-electron chi connectivity index (χ3n) is 7.81. The zero-order valence-electron chi connectivity index (χ0n) is 23.8. The number of carbonyl (C=O) groups excluding carboxylic acids is 1. The highest BCUT2D eigenvalue weighted by molar-refractivity contribution is 7.52. The first-order chi connectivity index (χ1) is 20.5. The van der Waals surface area contributed by atoms with Gasteiger partial charge in [-0.05, 0) is 62.8 Å². The summed E-state index contributed by atoms with van der Waals surface area (Å²) in [5.74, 6) is 0.276. The molecular formula is C28H35N6O8P. The molecule has 0 amide bonds. The van der Waals surface area contributed by atoms with Gasteiger partial charge < -0.3 is 29.9 Å². The average Bonchev–Trinajstić information content (AvgIpc) is 3.53. The molecule has 6 atom stereocenters. The number of anilines is 1. The molecule has 43 heavy (non-hydrogen) atoms. The van der Waals surface area contributed by atoms with Crippen molar-refractivity contribution in [1.29, 1.82) is 5.26 Å². The predicted molar refractivity (Wildman–Crippen MR) is 152 cm³/mol. The Labute approximate surface area is 248 Å². The predicted octanol–water partition coefficient (Wildman–Crippen LogP) is 2.67. The zero-order valence-corrected chi connectivity index (χ0v) is 24.7. The van der Waals surface area contributed by atoms with Crippen LogP contribution in [0.15, 0.2) is 48.8 Å². The fourth-order valence-electron chi connectivity index (χ4n) is 5.27. The van der Waals surface area contributed by atoms with Crippen LogP contribution in [0, 0.1) is 17.2 Å². The molecule has 0 radical (unpaired) electrons. The molecule has 5 rings (SSSR count). The van der Waals surface area contributed by atoms with Gasteiger partial charge in [0, 0.05) is 0 Å². The van der Waals surface area contributed by atoms with Crippen molar-refractivity contribution in [3.8, 4) is 11.8 Å². The molecule has 1 saturated heterocycles. The van der Waals surface area contributed by atoms with Crippen LogP contribution < -0.4 is 15.3 Å². The number of hydrogen-bond acceptors (Lipinski definition) is 12. The van der Waals surface area contributed by atoms with Crippen LogP contribution in [0.1, 0.15) is 51.3 Å². The number of nitrogens with one attached hydrogen (secondary N) is 1. The normalized spacial score (nSPS) is 29.4. The molecule has 1 saturated carbocycles. The molecular weight excluding hydrogens is 579 g/mol. The van der Waals surface area contributed by atoms with Gasteiger partial charge in [0.15, 0.2) is 5.82 Å². The molecule has 14 nitrogen and oxygen atoms in total. The summed E-state index contributed by atoms with van der Waals surface area (Å²) in [7, 11) is -4.41. The largest absolute Gasteiger partial charge is 0.461 e. The van der Waals surface area contributed by atoms with Crippen molar-refractivity contribution in [2.24, 2.45) is 5.92 Å². The molecule has 5 N–H and O–H groups in total. The summed E-state index contributed by atoms with van der Waals surface area (Å²) in [6, 6.07) is 12.0. The number of aliphatic hydroxyl groups is 2. The van der Waals surface area contributed by atoms with E-state index in [2.05, 4.69) is 22.1 Å². The number of nitrogens with two attached hydrogens (primary N) is 1. The highest BCUT2D eigenvalue weighted by Crippen LogP contribution is 2.48. The summed E-state index contributed by atoms with van der Waals surface area (Å²) in [6.45, 7) is 2.82. The molecule has 2 fully saturated rings. The van der Waals surface area contributed by atoms with Gasteiger partial charge in [0.1, 0.15) is 60.7 Å². The standard InChI is InChI=1S/C28H35N6O8P/c1-17-8-10-19(11-9-17)40-27(37)18(2)33-43(38,42-20-6-4-3-5-7-20)39-15-28(14-29)25(36)23(35)24(41-28)21-12-13-22-26(30)31-16-32-34(21)22/h3-7,12-13,16-19,23-25,35-36H,8-11,15H2,1-2H3,(H,33,38)(H2,30,31,32)/t17-,18-,19-,23-,24-,25-,28+,43?/m0/s1. The smallest absolute Gasteiger partial charge is 0.459 e. The fourth-order valence-corrected chi connectivity index (χ4v) is 6.79. The van der Waals surface area contributed by atoms with Crippen molar-refractivity contribution in [3.05, 3.63) is 54.5 Å². The monoisotopic (exact) mass is 614 g/mol. The average molecular weight is 615 g/mol. The molecule has 3 heterocycles. The van der Waals surface area contributed by atoms with E-state index in [4.69, 9.17) is 24.3 Å². The Morgan fingerprint density at radius 3 is 2.67 bits per heavy atom. The van der Waals surface area contributed by atoms with Crippen molar-refractivity contribution < 1.29 is 38.1 Å². The van der Waals surface area contributed by atoms with Crippen LogP contribution in [0.2, 0.25) is 0 Å². The van der Waals surface area contributed by atoms with Gasteiger partial charge in [-0.15, -0.1) is 0 Å². The lowest BCUT2D eigenvalue weighted by atomic mass is 9.89. The van der Waals surface area contributed by atoms with Gasteiger partial charge in [0.05, 0.1) is 5.69 Å². The van der Waals surface area contributed by atoms with Crippen LogP contribution in [0.4, 0.5) is 5.82 Å². The summed E-state index contributed by atoms with van der Waals surface area (Å²) < 4.78 is 38.3. The number of aliphatic hydroxyl groups excluding tert-OH is 2. The second-order valence-electron chi connectivity index (χ2n) is 11.0. The van der Waals surface area contributed by atoms with Gasteiger partial charge in [-0.25, -0.2) is 14.1 Å². The third kappa shape index (κ3) is 6.52. The number of nitriles is 1. The first kappa shape index (κ1) is 30.9. The lowest BCUT2D eigenvalue weighted by molar-refractivity contribution is -0.152. The Bertz CT molecular complexity index is 1520. The Kier molecular flexibility index (Phi) is 9.03. The lowest BCUT2D eigenvalue weighted by Gasteiger charge is -2.29. The molecule has 1 aromatic carbocycles. The Hall–Kier alpha value is -3.57. The second kappa shape index (κ2) is 12.6. The summed E-state index contributed by atoms with van der Waals surface area (Å²) >= 11 is 0. The number of hydrogen-bond donors (Lipinski definition) is 4. The summed E-state index contributed by atoms with van der Waals surface area (Å²) in [5, 5.41) is 38.8. The maximum Gasteiger partial charge on any atom is 0.459 e. The minimum atomic E-state index is -4.41. The molecule has 0 spiro atoms. The molecule has 0 bridgehead atoms. The van der Waals surface area contributed by atoms with Crippen molar-refractivity contribution in [2.75, 3.05) is 12.3 Å². The van der Waals surface area contributed by atoms with E-state index in [-0.39, 0.29) is 17.7 Å².